The molecule has 2 spiro atoms. The van der Waals surface area contributed by atoms with Gasteiger partial charge in [-0.15, -0.1) is 0 Å². The number of hydrogen-bond acceptors (Lipinski definition) is 3. The lowest BCUT2D eigenvalue weighted by atomic mass is 9.41. The highest BCUT2D eigenvalue weighted by Gasteiger charge is 2.82. The zero-order valence-electron chi connectivity index (χ0n) is 24.8. The quantitative estimate of drug-likeness (QED) is 0.279. The highest BCUT2D eigenvalue weighted by atomic mass is 16.5. The summed E-state index contributed by atoms with van der Waals surface area (Å²) >= 11 is 0. The zero-order valence-corrected chi connectivity index (χ0v) is 24.8. The minimum atomic E-state index is -0.115. The molecule has 0 amide bonds. The van der Waals surface area contributed by atoms with Gasteiger partial charge in [-0.2, -0.15) is 0 Å². The maximum atomic E-state index is 12.9. The van der Waals surface area contributed by atoms with Crippen LogP contribution in [0.5, 0.6) is 0 Å². The summed E-state index contributed by atoms with van der Waals surface area (Å²) in [4.78, 5) is 24.7. The number of rotatable bonds is 6. The van der Waals surface area contributed by atoms with Crippen molar-refractivity contribution in [3.05, 3.63) is 35.9 Å². The van der Waals surface area contributed by atoms with Gasteiger partial charge in [0.05, 0.1) is 0 Å². The predicted octanol–water partition coefficient (Wildman–Crippen LogP) is 8.66. The third kappa shape index (κ3) is 3.44. The average molecular weight is 519 g/mol. The molecule has 0 N–H and O–H groups in total. The fraction of sp³-hybridized carbons (Fsp3) is 0.771. The third-order valence-electron chi connectivity index (χ3n) is 14.0. The molecule has 6 rings (SSSR count). The number of fused-ring (bicyclic) bond motifs is 2. The fourth-order valence-electron chi connectivity index (χ4n) is 12.0. The van der Waals surface area contributed by atoms with E-state index in [2.05, 4.69) is 34.6 Å². The summed E-state index contributed by atoms with van der Waals surface area (Å²) < 4.78 is 5.90. The van der Waals surface area contributed by atoms with Gasteiger partial charge in [0.25, 0.3) is 0 Å². The Morgan fingerprint density at radius 1 is 0.868 bits per heavy atom. The van der Waals surface area contributed by atoms with E-state index in [0.29, 0.717) is 45.7 Å². The van der Waals surface area contributed by atoms with Crippen molar-refractivity contribution in [1.82, 2.24) is 0 Å². The second-order valence-electron chi connectivity index (χ2n) is 15.4. The highest BCUT2D eigenvalue weighted by Crippen LogP contribution is 2.89. The minimum absolute atomic E-state index is 0.0675. The lowest BCUT2D eigenvalue weighted by molar-refractivity contribution is -0.181. The molecule has 0 bridgehead atoms. The number of carbonyl (C=O) groups excluding carboxylic acids is 2. The van der Waals surface area contributed by atoms with E-state index in [9.17, 15) is 9.59 Å². The molecular weight excluding hydrogens is 468 g/mol. The molecule has 9 unspecified atom stereocenters. The van der Waals surface area contributed by atoms with Crippen molar-refractivity contribution in [3.8, 4) is 0 Å². The van der Waals surface area contributed by atoms with Gasteiger partial charge < -0.3 is 4.74 Å². The second-order valence-corrected chi connectivity index (χ2v) is 15.4. The van der Waals surface area contributed by atoms with Crippen molar-refractivity contribution in [3.63, 3.8) is 0 Å². The van der Waals surface area contributed by atoms with E-state index in [-0.39, 0.29) is 17.5 Å². The molecular formula is C35H50O3. The van der Waals surface area contributed by atoms with Crippen molar-refractivity contribution in [1.29, 1.82) is 0 Å². The Balaban J connectivity index is 1.19. The molecule has 3 heteroatoms. The molecule has 5 aliphatic rings. The molecule has 1 aromatic carbocycles. The Morgan fingerprint density at radius 2 is 1.55 bits per heavy atom. The number of Topliss-reactive ketones (excluding diaryl/α,β-unsaturated/α-hetero) is 1. The monoisotopic (exact) mass is 518 g/mol. The van der Waals surface area contributed by atoms with E-state index >= 15 is 0 Å². The predicted molar refractivity (Wildman–Crippen MR) is 152 cm³/mol. The molecule has 0 saturated heterocycles. The van der Waals surface area contributed by atoms with Crippen LogP contribution in [0, 0.1) is 50.7 Å². The van der Waals surface area contributed by atoms with Crippen LogP contribution in [-0.2, 0) is 9.53 Å². The largest absolute Gasteiger partial charge is 0.462 e. The molecule has 208 valence electrons. The molecule has 0 aliphatic heterocycles. The lowest BCUT2D eigenvalue weighted by Gasteiger charge is -2.63. The van der Waals surface area contributed by atoms with Crippen molar-refractivity contribution < 1.29 is 14.3 Å². The first kappa shape index (κ1) is 26.6. The Morgan fingerprint density at radius 3 is 2.26 bits per heavy atom. The standard InChI is InChI=1S/C35H50O3/c1-23(12-13-27(37)25-10-8-7-9-11-25)26-16-18-33(6)29-15-14-28-31(3,4)30(38-24(2)36)17-19-34(28)22-35(29,34)21-20-32(26,33)5/h7-11,23,26,28-30H,12-22H2,1-6H3. The van der Waals surface area contributed by atoms with Gasteiger partial charge in [0.2, 0.25) is 0 Å². The van der Waals surface area contributed by atoms with Crippen LogP contribution in [0.2, 0.25) is 0 Å². The highest BCUT2D eigenvalue weighted by molar-refractivity contribution is 5.95. The summed E-state index contributed by atoms with van der Waals surface area (Å²) in [6.07, 6.45) is 13.6. The number of benzene rings is 1. The molecule has 38 heavy (non-hydrogen) atoms. The van der Waals surface area contributed by atoms with Crippen LogP contribution in [0.25, 0.3) is 0 Å². The summed E-state index contributed by atoms with van der Waals surface area (Å²) in [5.41, 5.74) is 2.70. The van der Waals surface area contributed by atoms with Crippen LogP contribution in [0.3, 0.4) is 0 Å². The van der Waals surface area contributed by atoms with Gasteiger partial charge in [0.15, 0.2) is 5.78 Å². The van der Waals surface area contributed by atoms with Crippen molar-refractivity contribution in [2.75, 3.05) is 0 Å². The first-order chi connectivity index (χ1) is 17.9. The minimum Gasteiger partial charge on any atom is -0.462 e. The van der Waals surface area contributed by atoms with Gasteiger partial charge in [-0.1, -0.05) is 65.0 Å². The number of ketones is 1. The van der Waals surface area contributed by atoms with E-state index < -0.39 is 0 Å². The number of ether oxygens (including phenoxy) is 1. The van der Waals surface area contributed by atoms with Crippen molar-refractivity contribution in [2.45, 2.75) is 118 Å². The summed E-state index contributed by atoms with van der Waals surface area (Å²) in [7, 11) is 0. The van der Waals surface area contributed by atoms with Gasteiger partial charge in [0, 0.05) is 24.3 Å². The summed E-state index contributed by atoms with van der Waals surface area (Å²) in [5.74, 6) is 3.00. The van der Waals surface area contributed by atoms with Crippen LogP contribution in [0.1, 0.15) is 123 Å². The first-order valence-corrected chi connectivity index (χ1v) is 15.7. The van der Waals surface area contributed by atoms with E-state index in [0.717, 1.165) is 30.2 Å². The molecule has 5 aliphatic carbocycles. The maximum absolute atomic E-state index is 12.9. The maximum Gasteiger partial charge on any atom is 0.302 e. The molecule has 0 radical (unpaired) electrons. The van der Waals surface area contributed by atoms with Gasteiger partial charge in [-0.25, -0.2) is 0 Å². The summed E-state index contributed by atoms with van der Waals surface area (Å²) in [6, 6.07) is 9.86. The topological polar surface area (TPSA) is 43.4 Å². The molecule has 0 aromatic heterocycles. The van der Waals surface area contributed by atoms with Crippen LogP contribution in [-0.4, -0.2) is 17.9 Å². The number of carbonyl (C=O) groups is 2. The average Bonchev–Trinajstić information content (AvgIpc) is 3.46. The van der Waals surface area contributed by atoms with Crippen LogP contribution in [0.4, 0.5) is 0 Å². The third-order valence-corrected chi connectivity index (χ3v) is 14.0. The number of hydrogen-bond donors (Lipinski definition) is 0. The Bertz CT molecular complexity index is 1110. The first-order valence-electron chi connectivity index (χ1n) is 15.7. The Hall–Kier alpha value is -1.64. The molecule has 9 atom stereocenters. The van der Waals surface area contributed by atoms with Crippen LogP contribution >= 0.6 is 0 Å². The smallest absolute Gasteiger partial charge is 0.302 e. The molecule has 1 aromatic rings. The SMILES string of the molecule is CC(=O)OC1CCC23CC24CCC2(C)C(C(C)CCC(=O)c5ccccc5)CCC2(C)C4CCC3C1(C)C. The van der Waals surface area contributed by atoms with Gasteiger partial charge in [-0.3, -0.25) is 9.59 Å². The number of esters is 1. The van der Waals surface area contributed by atoms with Crippen LogP contribution in [0.15, 0.2) is 30.3 Å². The second kappa shape index (κ2) is 8.68. The van der Waals surface area contributed by atoms with E-state index in [4.69, 9.17) is 4.74 Å². The van der Waals surface area contributed by atoms with Crippen molar-refractivity contribution in [2.24, 2.45) is 50.7 Å². The Kier molecular flexibility index (Phi) is 6.07. The molecule has 3 nitrogen and oxygen atoms in total. The van der Waals surface area contributed by atoms with Gasteiger partial charge in [0.1, 0.15) is 6.10 Å². The van der Waals surface area contributed by atoms with E-state index in [1.165, 1.54) is 51.4 Å². The van der Waals surface area contributed by atoms with Gasteiger partial charge >= 0.3 is 5.97 Å². The van der Waals surface area contributed by atoms with Crippen molar-refractivity contribution >= 4 is 11.8 Å². The zero-order chi connectivity index (χ0) is 27.1. The molecule has 5 fully saturated rings. The molecule has 0 heterocycles. The normalized spacial score (nSPS) is 45.1. The summed E-state index contributed by atoms with van der Waals surface area (Å²) in [6.45, 7) is 14.2. The lowest BCUT2D eigenvalue weighted by Crippen LogP contribution is -2.58. The van der Waals surface area contributed by atoms with Gasteiger partial charge in [-0.05, 0) is 110 Å². The van der Waals surface area contributed by atoms with E-state index in [1.54, 1.807) is 6.92 Å². The summed E-state index contributed by atoms with van der Waals surface area (Å²) in [5, 5.41) is 0. The fourth-order valence-corrected chi connectivity index (χ4v) is 12.0. The van der Waals surface area contributed by atoms with Crippen LogP contribution < -0.4 is 0 Å². The Labute approximate surface area is 230 Å². The van der Waals surface area contributed by atoms with E-state index in [1.807, 2.05) is 30.3 Å². The molecule has 5 saturated carbocycles.